The van der Waals surface area contributed by atoms with E-state index in [2.05, 4.69) is 31.0 Å². The molecule has 3 rings (SSSR count). The highest BCUT2D eigenvalue weighted by molar-refractivity contribution is 5.96. The summed E-state index contributed by atoms with van der Waals surface area (Å²) >= 11 is 0. The van der Waals surface area contributed by atoms with E-state index in [1.165, 1.54) is 12.8 Å². The molecule has 2 aromatic carbocycles. The number of nitrogens with zero attached hydrogens (tertiary/aromatic N) is 3. The predicted octanol–water partition coefficient (Wildman–Crippen LogP) is 5.38. The Morgan fingerprint density at radius 2 is 1.97 bits per heavy atom. The summed E-state index contributed by atoms with van der Waals surface area (Å²) in [5.41, 5.74) is 3.70. The van der Waals surface area contributed by atoms with E-state index in [4.69, 9.17) is 4.74 Å². The Morgan fingerprint density at radius 3 is 2.72 bits per heavy atom. The number of esters is 1. The molecule has 0 aliphatic rings. The summed E-state index contributed by atoms with van der Waals surface area (Å²) in [6.07, 6.45) is 6.21. The monoisotopic (exact) mass is 437 g/mol. The molecule has 32 heavy (non-hydrogen) atoms. The first kappa shape index (κ1) is 23.3. The molecule has 3 aromatic rings. The van der Waals surface area contributed by atoms with Gasteiger partial charge >= 0.3 is 5.97 Å². The van der Waals surface area contributed by atoms with Crippen molar-refractivity contribution in [1.29, 1.82) is 0 Å². The first-order valence-electron chi connectivity index (χ1n) is 10.9. The summed E-state index contributed by atoms with van der Waals surface area (Å²) in [5.74, 6) is -0.387. The van der Waals surface area contributed by atoms with Crippen LogP contribution in [0.4, 0.5) is 0 Å². The number of fused-ring (bicyclic) bond motifs is 1. The number of rotatable bonds is 9. The second-order valence-electron chi connectivity index (χ2n) is 8.77. The lowest BCUT2D eigenvalue weighted by molar-refractivity contribution is -0.140. The number of ether oxygens (including phenoxy) is 1. The van der Waals surface area contributed by atoms with Crippen LogP contribution in [0.15, 0.2) is 42.0 Å². The van der Waals surface area contributed by atoms with Crippen LogP contribution in [0, 0.1) is 0 Å². The molecule has 7 nitrogen and oxygen atoms in total. The number of phenols is 1. The largest absolute Gasteiger partial charge is 0.508 e. The van der Waals surface area contributed by atoms with E-state index in [1.54, 1.807) is 37.3 Å². The highest BCUT2D eigenvalue weighted by atomic mass is 16.5. The summed E-state index contributed by atoms with van der Waals surface area (Å²) in [6.45, 7) is 8.21. The molecule has 0 fully saturated rings. The van der Waals surface area contributed by atoms with Gasteiger partial charge in [0.2, 0.25) is 0 Å². The zero-order valence-electron chi connectivity index (χ0n) is 19.1. The van der Waals surface area contributed by atoms with Gasteiger partial charge in [0.05, 0.1) is 0 Å². The number of aromatic nitrogens is 3. The molecule has 0 aliphatic carbocycles. The third-order valence-electron chi connectivity index (χ3n) is 5.75. The van der Waals surface area contributed by atoms with E-state index in [0.717, 1.165) is 18.4 Å². The van der Waals surface area contributed by atoms with Crippen LogP contribution < -0.4 is 0 Å². The molecule has 0 atom stereocenters. The Morgan fingerprint density at radius 1 is 1.19 bits per heavy atom. The van der Waals surface area contributed by atoms with Crippen molar-refractivity contribution in [3.63, 3.8) is 0 Å². The van der Waals surface area contributed by atoms with Crippen LogP contribution in [-0.4, -0.2) is 31.4 Å². The summed E-state index contributed by atoms with van der Waals surface area (Å²) < 4.78 is 5.47. The Labute approximate surface area is 188 Å². The first-order chi connectivity index (χ1) is 15.2. The van der Waals surface area contributed by atoms with Gasteiger partial charge < -0.3 is 15.1 Å². The molecule has 0 saturated carbocycles. The lowest BCUT2D eigenvalue weighted by Gasteiger charge is -2.26. The van der Waals surface area contributed by atoms with Crippen LogP contribution in [0.25, 0.3) is 17.1 Å². The van der Waals surface area contributed by atoms with Crippen LogP contribution in [0.2, 0.25) is 0 Å². The minimum Gasteiger partial charge on any atom is -0.508 e. The first-order valence-corrected chi connectivity index (χ1v) is 10.9. The molecule has 170 valence electrons. The van der Waals surface area contributed by atoms with Gasteiger partial charge in [-0.1, -0.05) is 58.2 Å². The lowest BCUT2D eigenvalue weighted by Crippen LogP contribution is -2.17. The Bertz CT molecular complexity index is 1130. The van der Waals surface area contributed by atoms with Crippen LogP contribution in [-0.2, 0) is 21.6 Å². The minimum absolute atomic E-state index is 0.0221. The molecule has 2 N–H and O–H groups in total. The molecular weight excluding hydrogens is 406 g/mol. The Kier molecular flexibility index (Phi) is 7.18. The second-order valence-corrected chi connectivity index (χ2v) is 8.77. The van der Waals surface area contributed by atoms with Crippen molar-refractivity contribution in [3.8, 4) is 5.75 Å². The SMILES string of the molecule is CCCCCC(C)(C)c1ccc(O)c(COC(=O)C(C)=Cc2cccc3nn(O)nc23)c1. The van der Waals surface area contributed by atoms with Crippen molar-refractivity contribution in [2.45, 2.75) is 65.4 Å². The van der Waals surface area contributed by atoms with Crippen LogP contribution in [0.3, 0.4) is 0 Å². The van der Waals surface area contributed by atoms with Gasteiger partial charge in [-0.2, -0.15) is 0 Å². The zero-order valence-corrected chi connectivity index (χ0v) is 19.1. The van der Waals surface area contributed by atoms with Gasteiger partial charge in [-0.25, -0.2) is 4.79 Å². The van der Waals surface area contributed by atoms with Gasteiger partial charge in [0.15, 0.2) is 0 Å². The molecule has 0 bridgehead atoms. The standard InChI is InChI=1S/C25H31N3O4/c1-5-6-7-13-25(3,4)20-11-12-22(29)19(15-20)16-32-24(30)17(2)14-18-9-8-10-21-23(18)27-28(31)26-21/h8-12,14-15,29,31H,5-7,13,16H2,1-4H3. The highest BCUT2D eigenvalue weighted by Gasteiger charge is 2.21. The summed E-state index contributed by atoms with van der Waals surface area (Å²) in [6, 6.07) is 10.8. The third-order valence-corrected chi connectivity index (χ3v) is 5.75. The fourth-order valence-electron chi connectivity index (χ4n) is 3.70. The summed E-state index contributed by atoms with van der Waals surface area (Å²) in [7, 11) is 0. The molecule has 1 aromatic heterocycles. The van der Waals surface area contributed by atoms with Crippen molar-refractivity contribution in [2.75, 3.05) is 0 Å². The molecule has 1 heterocycles. The maximum Gasteiger partial charge on any atom is 0.334 e. The van der Waals surface area contributed by atoms with Gasteiger partial charge in [0, 0.05) is 16.7 Å². The normalized spacial score (nSPS) is 12.3. The highest BCUT2D eigenvalue weighted by Crippen LogP contribution is 2.32. The molecule has 0 amide bonds. The quantitative estimate of drug-likeness (QED) is 0.202. The smallest absolute Gasteiger partial charge is 0.334 e. The van der Waals surface area contributed by atoms with Gasteiger partial charge in [-0.15, -0.1) is 10.2 Å². The Hall–Kier alpha value is -3.35. The van der Waals surface area contributed by atoms with Gasteiger partial charge in [-0.3, -0.25) is 0 Å². The number of phenolic OH excluding ortho intramolecular Hbond substituents is 1. The zero-order chi connectivity index (χ0) is 23.3. The fourth-order valence-corrected chi connectivity index (χ4v) is 3.70. The minimum atomic E-state index is -0.495. The molecule has 7 heteroatoms. The summed E-state index contributed by atoms with van der Waals surface area (Å²) in [4.78, 5) is 13.1. The summed E-state index contributed by atoms with van der Waals surface area (Å²) in [5, 5.41) is 27.5. The fraction of sp³-hybridized carbons (Fsp3) is 0.400. The topological polar surface area (TPSA) is 97.5 Å². The maximum atomic E-state index is 12.6. The predicted molar refractivity (Wildman–Crippen MR) is 123 cm³/mol. The van der Waals surface area contributed by atoms with Crippen LogP contribution >= 0.6 is 0 Å². The third kappa shape index (κ3) is 5.46. The number of carbonyl (C=O) groups is 1. The van der Waals surface area contributed by atoms with Crippen LogP contribution in [0.1, 0.15) is 70.1 Å². The lowest BCUT2D eigenvalue weighted by atomic mass is 9.79. The molecule has 0 unspecified atom stereocenters. The van der Waals surface area contributed by atoms with E-state index in [-0.39, 0.29) is 17.8 Å². The maximum absolute atomic E-state index is 12.6. The van der Waals surface area contributed by atoms with Crippen molar-refractivity contribution >= 4 is 23.1 Å². The second kappa shape index (κ2) is 9.85. The van der Waals surface area contributed by atoms with Crippen molar-refractivity contribution in [3.05, 3.63) is 58.7 Å². The average Bonchev–Trinajstić information content (AvgIpc) is 3.14. The molecular formula is C25H31N3O4. The van der Waals surface area contributed by atoms with E-state index in [9.17, 15) is 15.1 Å². The van der Waals surface area contributed by atoms with E-state index >= 15 is 0 Å². The van der Waals surface area contributed by atoms with Crippen molar-refractivity contribution in [1.82, 2.24) is 15.2 Å². The van der Waals surface area contributed by atoms with Gasteiger partial charge in [0.1, 0.15) is 23.4 Å². The molecule has 0 radical (unpaired) electrons. The van der Waals surface area contributed by atoms with E-state index in [1.807, 2.05) is 12.1 Å². The van der Waals surface area contributed by atoms with Crippen molar-refractivity contribution < 1.29 is 19.8 Å². The number of hydrogen-bond donors (Lipinski definition) is 2. The van der Waals surface area contributed by atoms with E-state index < -0.39 is 5.97 Å². The number of hydrogen-bond acceptors (Lipinski definition) is 6. The van der Waals surface area contributed by atoms with E-state index in [0.29, 0.717) is 32.7 Å². The van der Waals surface area contributed by atoms with Crippen molar-refractivity contribution in [2.24, 2.45) is 0 Å². The number of unbranched alkanes of at least 4 members (excludes halogenated alkanes) is 2. The number of aromatic hydroxyl groups is 1. The Balaban J connectivity index is 1.71. The van der Waals surface area contributed by atoms with Gasteiger partial charge in [0.25, 0.3) is 0 Å². The molecule has 0 spiro atoms. The average molecular weight is 438 g/mol. The van der Waals surface area contributed by atoms with Gasteiger partial charge in [-0.05, 0) is 53.6 Å². The molecule has 0 aliphatic heterocycles. The number of benzene rings is 2. The molecule has 0 saturated heterocycles. The van der Waals surface area contributed by atoms with Crippen LogP contribution in [0.5, 0.6) is 5.75 Å². The number of carbonyl (C=O) groups excluding carboxylic acids is 1.